The Balaban J connectivity index is 1.54. The third kappa shape index (κ3) is 4.38. The summed E-state index contributed by atoms with van der Waals surface area (Å²) in [6, 6.07) is 11.0. The summed E-state index contributed by atoms with van der Waals surface area (Å²) in [5, 5.41) is 4.23. The molecule has 1 N–H and O–H groups in total. The molecule has 30 heavy (non-hydrogen) atoms. The van der Waals surface area contributed by atoms with Gasteiger partial charge in [-0.05, 0) is 42.8 Å². The van der Waals surface area contributed by atoms with Gasteiger partial charge in [-0.2, -0.15) is 0 Å². The molecular formula is C22H22ClN3O4. The number of halogens is 1. The minimum absolute atomic E-state index is 0.138. The number of amides is 1. The van der Waals surface area contributed by atoms with Crippen LogP contribution >= 0.6 is 11.6 Å². The van der Waals surface area contributed by atoms with E-state index in [4.69, 9.17) is 25.8 Å². The lowest BCUT2D eigenvalue weighted by atomic mass is 9.94. The zero-order valence-electron chi connectivity index (χ0n) is 16.6. The van der Waals surface area contributed by atoms with E-state index in [1.165, 1.54) is 6.33 Å². The Bertz CT molecular complexity index is 1060. The monoisotopic (exact) mass is 427 g/mol. The minimum Gasteiger partial charge on any atom is -0.491 e. The van der Waals surface area contributed by atoms with Crippen LogP contribution in [0.4, 0.5) is 5.69 Å². The summed E-state index contributed by atoms with van der Waals surface area (Å²) < 4.78 is 16.5. The normalized spacial score (nSPS) is 15.3. The van der Waals surface area contributed by atoms with Gasteiger partial charge in [0.2, 0.25) is 5.91 Å². The van der Waals surface area contributed by atoms with Gasteiger partial charge in [0.25, 0.3) is 0 Å². The second-order valence-electron chi connectivity index (χ2n) is 6.75. The van der Waals surface area contributed by atoms with Crippen molar-refractivity contribution in [1.82, 2.24) is 9.97 Å². The third-order valence-corrected chi connectivity index (χ3v) is 5.07. The van der Waals surface area contributed by atoms with E-state index < -0.39 is 5.92 Å². The third-order valence-electron chi connectivity index (χ3n) is 4.83. The fourth-order valence-electron chi connectivity index (χ4n) is 3.46. The Kier molecular flexibility index (Phi) is 6.42. The summed E-state index contributed by atoms with van der Waals surface area (Å²) in [5.74, 6) is 0.00268. The number of fused-ring (bicyclic) bond motifs is 2. The van der Waals surface area contributed by atoms with Gasteiger partial charge in [0, 0.05) is 22.7 Å². The molecule has 1 aliphatic heterocycles. The molecule has 1 aliphatic rings. The van der Waals surface area contributed by atoms with Crippen LogP contribution < -0.4 is 10.1 Å². The van der Waals surface area contributed by atoms with Gasteiger partial charge in [0.1, 0.15) is 24.6 Å². The Hall–Kier alpha value is -2.74. The minimum atomic E-state index is -0.528. The number of nitrogens with one attached hydrogen (secondary N) is 1. The second-order valence-corrected chi connectivity index (χ2v) is 7.19. The number of aromatic nitrogens is 2. The van der Waals surface area contributed by atoms with E-state index in [9.17, 15) is 4.79 Å². The van der Waals surface area contributed by atoms with Gasteiger partial charge in [-0.1, -0.05) is 17.7 Å². The van der Waals surface area contributed by atoms with Gasteiger partial charge in [0.05, 0.1) is 31.0 Å². The summed E-state index contributed by atoms with van der Waals surface area (Å²) in [6.07, 6.45) is 1.48. The number of benzene rings is 2. The van der Waals surface area contributed by atoms with Crippen molar-refractivity contribution in [2.75, 3.05) is 38.4 Å². The smallest absolute Gasteiger partial charge is 0.238 e. The summed E-state index contributed by atoms with van der Waals surface area (Å²) >= 11 is 6.07. The highest BCUT2D eigenvalue weighted by atomic mass is 35.5. The number of carbonyl (C=O) groups excluding carboxylic acids is 1. The molecule has 7 nitrogen and oxygen atoms in total. The predicted molar refractivity (Wildman–Crippen MR) is 114 cm³/mol. The van der Waals surface area contributed by atoms with Crippen molar-refractivity contribution in [3.63, 3.8) is 0 Å². The number of rotatable bonds is 9. The maximum absolute atomic E-state index is 12.7. The molecule has 1 unspecified atom stereocenters. The van der Waals surface area contributed by atoms with E-state index in [1.807, 2.05) is 31.2 Å². The Morgan fingerprint density at radius 2 is 1.87 bits per heavy atom. The highest BCUT2D eigenvalue weighted by Crippen LogP contribution is 2.40. The SMILES string of the molecule is CCOCCOCCOc1ccc2ncnc(C3C(=O)Nc4cc(Cl)ccc43)c2c1. The first-order valence-electron chi connectivity index (χ1n) is 9.80. The summed E-state index contributed by atoms with van der Waals surface area (Å²) in [6.45, 7) is 4.60. The molecule has 4 rings (SSSR count). The molecular weight excluding hydrogens is 406 g/mol. The van der Waals surface area contributed by atoms with Crippen LogP contribution in [0.2, 0.25) is 5.02 Å². The maximum Gasteiger partial charge on any atom is 0.238 e. The molecule has 156 valence electrons. The van der Waals surface area contributed by atoms with Crippen LogP contribution in [0.1, 0.15) is 24.1 Å². The number of nitrogens with zero attached hydrogens (tertiary/aromatic N) is 2. The highest BCUT2D eigenvalue weighted by Gasteiger charge is 2.34. The van der Waals surface area contributed by atoms with E-state index in [2.05, 4.69) is 15.3 Å². The van der Waals surface area contributed by atoms with Crippen molar-refractivity contribution in [3.05, 3.63) is 59.0 Å². The molecule has 0 saturated carbocycles. The van der Waals surface area contributed by atoms with Crippen LogP contribution in [0.5, 0.6) is 5.75 Å². The van der Waals surface area contributed by atoms with Crippen LogP contribution in [-0.4, -0.2) is 48.9 Å². The quantitative estimate of drug-likeness (QED) is 0.523. The standard InChI is InChI=1S/C22H22ClN3O4/c1-2-28-7-8-29-9-10-30-15-4-6-18-17(12-15)21(25-13-24-18)20-16-5-3-14(23)11-19(16)26-22(20)27/h3-6,11-13,20H,2,7-10H2,1H3,(H,26,27). The predicted octanol–water partition coefficient (Wildman–Crippen LogP) is 3.80. The Morgan fingerprint density at radius 3 is 2.73 bits per heavy atom. The largest absolute Gasteiger partial charge is 0.491 e. The number of ether oxygens (including phenoxy) is 3. The fraction of sp³-hybridized carbons (Fsp3) is 0.318. The van der Waals surface area contributed by atoms with E-state index >= 15 is 0 Å². The van der Waals surface area contributed by atoms with Crippen LogP contribution in [0, 0.1) is 0 Å². The first-order chi connectivity index (χ1) is 14.7. The molecule has 1 amide bonds. The molecule has 1 atom stereocenters. The molecule has 0 bridgehead atoms. The van der Waals surface area contributed by atoms with E-state index in [-0.39, 0.29) is 5.91 Å². The van der Waals surface area contributed by atoms with Crippen molar-refractivity contribution in [1.29, 1.82) is 0 Å². The lowest BCUT2D eigenvalue weighted by Gasteiger charge is -2.13. The Morgan fingerprint density at radius 1 is 1.03 bits per heavy atom. The van der Waals surface area contributed by atoms with Gasteiger partial charge in [0.15, 0.2) is 0 Å². The topological polar surface area (TPSA) is 82.6 Å². The number of anilines is 1. The number of hydrogen-bond acceptors (Lipinski definition) is 6. The van der Waals surface area contributed by atoms with Crippen LogP contribution in [0.15, 0.2) is 42.7 Å². The summed E-state index contributed by atoms with van der Waals surface area (Å²) in [7, 11) is 0. The van der Waals surface area contributed by atoms with E-state index in [0.29, 0.717) is 55.2 Å². The number of hydrogen-bond donors (Lipinski definition) is 1. The lowest BCUT2D eigenvalue weighted by Crippen LogP contribution is -2.15. The molecule has 2 aromatic carbocycles. The summed E-state index contributed by atoms with van der Waals surface area (Å²) in [5.41, 5.74) is 2.94. The van der Waals surface area contributed by atoms with Gasteiger partial charge in [-0.15, -0.1) is 0 Å². The van der Waals surface area contributed by atoms with Gasteiger partial charge < -0.3 is 19.5 Å². The first-order valence-corrected chi connectivity index (χ1v) is 10.2. The highest BCUT2D eigenvalue weighted by molar-refractivity contribution is 6.31. The number of carbonyl (C=O) groups is 1. The van der Waals surface area contributed by atoms with Gasteiger partial charge in [-0.25, -0.2) is 9.97 Å². The van der Waals surface area contributed by atoms with E-state index in [0.717, 1.165) is 16.5 Å². The second kappa shape index (κ2) is 9.38. The molecule has 0 radical (unpaired) electrons. The average molecular weight is 428 g/mol. The zero-order chi connectivity index (χ0) is 20.9. The van der Waals surface area contributed by atoms with Crippen molar-refractivity contribution in [2.24, 2.45) is 0 Å². The molecule has 3 aromatic rings. The molecule has 1 aromatic heterocycles. The first kappa shape index (κ1) is 20.5. The zero-order valence-corrected chi connectivity index (χ0v) is 17.3. The molecule has 0 spiro atoms. The van der Waals surface area contributed by atoms with E-state index in [1.54, 1.807) is 12.1 Å². The molecule has 0 aliphatic carbocycles. The van der Waals surface area contributed by atoms with Crippen molar-refractivity contribution < 1.29 is 19.0 Å². The molecule has 0 fully saturated rings. The Labute approximate surface area is 179 Å². The average Bonchev–Trinajstić information content (AvgIpc) is 3.07. The van der Waals surface area contributed by atoms with Crippen LogP contribution in [0.3, 0.4) is 0 Å². The lowest BCUT2D eigenvalue weighted by molar-refractivity contribution is -0.116. The van der Waals surface area contributed by atoms with Crippen molar-refractivity contribution >= 4 is 34.1 Å². The van der Waals surface area contributed by atoms with Gasteiger partial charge >= 0.3 is 0 Å². The van der Waals surface area contributed by atoms with Gasteiger partial charge in [-0.3, -0.25) is 4.79 Å². The van der Waals surface area contributed by atoms with Crippen LogP contribution in [-0.2, 0) is 14.3 Å². The maximum atomic E-state index is 12.7. The summed E-state index contributed by atoms with van der Waals surface area (Å²) in [4.78, 5) is 21.5. The molecule has 8 heteroatoms. The van der Waals surface area contributed by atoms with Crippen molar-refractivity contribution in [3.8, 4) is 5.75 Å². The van der Waals surface area contributed by atoms with Crippen LogP contribution in [0.25, 0.3) is 10.9 Å². The molecule has 2 heterocycles. The molecule has 0 saturated heterocycles. The van der Waals surface area contributed by atoms with Crippen molar-refractivity contribution in [2.45, 2.75) is 12.8 Å². The fourth-order valence-corrected chi connectivity index (χ4v) is 3.64.